The lowest BCUT2D eigenvalue weighted by Gasteiger charge is -2.24. The summed E-state index contributed by atoms with van der Waals surface area (Å²) < 4.78 is 61.3. The largest absolute Gasteiger partial charge is 0.472 e. The molecule has 2 radical (unpaired) electrons. The van der Waals surface area contributed by atoms with Gasteiger partial charge >= 0.3 is 7.82 Å². The van der Waals surface area contributed by atoms with E-state index in [0.29, 0.717) is 71.6 Å². The molecular formula is C20H38BN4O11P. The number of nitrogens with zero attached hydrogens (tertiary/aromatic N) is 3. The molecule has 1 aliphatic rings. The predicted octanol–water partition coefficient (Wildman–Crippen LogP) is -1.14. The molecule has 0 saturated carbocycles. The molecule has 5 atom stereocenters. The van der Waals surface area contributed by atoms with Gasteiger partial charge in [0.2, 0.25) is 0 Å². The SMILES string of the molecule is [B][C@@H]1O[C@H](COC)[C@H](OP(=O)(O)OC)C1OCc1cn(CCOCCOCCOCCOCCN)nn1. The van der Waals surface area contributed by atoms with Gasteiger partial charge in [0, 0.05) is 26.8 Å². The average Bonchev–Trinajstić information content (AvgIpc) is 3.44. The number of hydrogen-bond acceptors (Lipinski definition) is 13. The zero-order valence-corrected chi connectivity index (χ0v) is 22.2. The van der Waals surface area contributed by atoms with Crippen LogP contribution in [0, 0.1) is 0 Å². The van der Waals surface area contributed by atoms with E-state index in [1.165, 1.54) is 7.11 Å². The van der Waals surface area contributed by atoms with Crippen LogP contribution in [0.25, 0.3) is 0 Å². The maximum atomic E-state index is 11.9. The highest BCUT2D eigenvalue weighted by Crippen LogP contribution is 2.46. The topological polar surface area (TPSA) is 177 Å². The second-order valence-corrected chi connectivity index (χ2v) is 9.32. The Morgan fingerprint density at radius 2 is 1.68 bits per heavy atom. The number of phosphoric ester groups is 1. The van der Waals surface area contributed by atoms with E-state index in [9.17, 15) is 9.46 Å². The van der Waals surface area contributed by atoms with Crippen molar-refractivity contribution in [3.63, 3.8) is 0 Å². The Balaban J connectivity index is 1.62. The molecule has 17 heteroatoms. The smallest absolute Gasteiger partial charge is 0.382 e. The van der Waals surface area contributed by atoms with Gasteiger partial charge in [-0.1, -0.05) is 5.21 Å². The molecule has 1 aliphatic heterocycles. The third-order valence-electron chi connectivity index (χ3n) is 5.02. The van der Waals surface area contributed by atoms with Crippen LogP contribution in [0.5, 0.6) is 0 Å². The number of methoxy groups -OCH3 is 1. The van der Waals surface area contributed by atoms with Crippen molar-refractivity contribution in [1.29, 1.82) is 0 Å². The molecular weight excluding hydrogens is 514 g/mol. The van der Waals surface area contributed by atoms with E-state index in [1.54, 1.807) is 10.9 Å². The Hall–Kier alpha value is -1.01. The predicted molar refractivity (Wildman–Crippen MR) is 129 cm³/mol. The molecule has 2 rings (SSSR count). The molecule has 2 heterocycles. The van der Waals surface area contributed by atoms with Gasteiger partial charge < -0.3 is 43.8 Å². The summed E-state index contributed by atoms with van der Waals surface area (Å²) >= 11 is 0. The summed E-state index contributed by atoms with van der Waals surface area (Å²) in [6.07, 6.45) is -0.867. The number of rotatable bonds is 22. The van der Waals surface area contributed by atoms with Crippen LogP contribution < -0.4 is 5.73 Å². The molecule has 0 spiro atoms. The highest BCUT2D eigenvalue weighted by Gasteiger charge is 2.47. The number of nitrogens with two attached hydrogens (primary N) is 1. The third-order valence-corrected chi connectivity index (χ3v) is 5.99. The molecule has 1 saturated heterocycles. The molecule has 212 valence electrons. The average molecular weight is 552 g/mol. The lowest BCUT2D eigenvalue weighted by atomic mass is 9.93. The summed E-state index contributed by atoms with van der Waals surface area (Å²) in [4.78, 5) is 9.74. The molecule has 1 aromatic heterocycles. The highest BCUT2D eigenvalue weighted by molar-refractivity contribution is 7.47. The summed E-state index contributed by atoms with van der Waals surface area (Å²) in [6, 6.07) is -0.908. The minimum absolute atomic E-state index is 0.0277. The summed E-state index contributed by atoms with van der Waals surface area (Å²) in [7, 11) is 4.21. The van der Waals surface area contributed by atoms with Crippen LogP contribution in [0.4, 0.5) is 0 Å². The van der Waals surface area contributed by atoms with Crippen LogP contribution in [0.1, 0.15) is 5.69 Å². The number of ether oxygens (including phenoxy) is 7. The van der Waals surface area contributed by atoms with Gasteiger partial charge in [-0.3, -0.25) is 9.05 Å². The van der Waals surface area contributed by atoms with E-state index < -0.39 is 32.1 Å². The van der Waals surface area contributed by atoms with Gasteiger partial charge in [0.25, 0.3) is 0 Å². The summed E-state index contributed by atoms with van der Waals surface area (Å²) in [5.74, 6) is 0. The van der Waals surface area contributed by atoms with Gasteiger partial charge in [0.05, 0.1) is 78.8 Å². The second-order valence-electron chi connectivity index (χ2n) is 7.80. The summed E-state index contributed by atoms with van der Waals surface area (Å²) in [5, 5.41) is 8.09. The quantitative estimate of drug-likeness (QED) is 0.100. The normalized spacial score (nSPS) is 23.5. The van der Waals surface area contributed by atoms with Crippen LogP contribution in [0.3, 0.4) is 0 Å². The lowest BCUT2D eigenvalue weighted by Crippen LogP contribution is -2.38. The number of aromatic nitrogens is 3. The molecule has 3 N–H and O–H groups in total. The minimum atomic E-state index is -4.31. The van der Waals surface area contributed by atoms with Crippen molar-refractivity contribution in [3.8, 4) is 0 Å². The van der Waals surface area contributed by atoms with Gasteiger partial charge in [-0.25, -0.2) is 9.25 Å². The van der Waals surface area contributed by atoms with Crippen LogP contribution in [-0.4, -0.2) is 132 Å². The Kier molecular flexibility index (Phi) is 15.9. The fourth-order valence-electron chi connectivity index (χ4n) is 3.27. The van der Waals surface area contributed by atoms with Crippen LogP contribution >= 0.6 is 7.82 Å². The molecule has 0 amide bonds. The first-order valence-electron chi connectivity index (χ1n) is 11.9. The molecule has 1 fully saturated rings. The van der Waals surface area contributed by atoms with Crippen LogP contribution in [-0.2, 0) is 59.9 Å². The Morgan fingerprint density at radius 1 is 1.05 bits per heavy atom. The van der Waals surface area contributed by atoms with E-state index in [4.69, 9.17) is 51.3 Å². The number of hydrogen-bond donors (Lipinski definition) is 2. The van der Waals surface area contributed by atoms with E-state index in [1.807, 2.05) is 0 Å². The molecule has 15 nitrogen and oxygen atoms in total. The molecule has 2 unspecified atom stereocenters. The first-order chi connectivity index (χ1) is 17.9. The Labute approximate surface area is 218 Å². The number of phosphoric acid groups is 1. The van der Waals surface area contributed by atoms with Crippen molar-refractivity contribution in [2.75, 3.05) is 80.2 Å². The van der Waals surface area contributed by atoms with Crippen molar-refractivity contribution < 1.29 is 51.7 Å². The summed E-state index contributed by atoms with van der Waals surface area (Å²) in [6.45, 7) is 4.91. The molecule has 37 heavy (non-hydrogen) atoms. The molecule has 0 bridgehead atoms. The van der Waals surface area contributed by atoms with Crippen molar-refractivity contribution >= 4 is 15.7 Å². The van der Waals surface area contributed by atoms with Gasteiger partial charge in [-0.05, 0) is 0 Å². The van der Waals surface area contributed by atoms with Gasteiger partial charge in [0.15, 0.2) is 0 Å². The Bertz CT molecular complexity index is 780. The summed E-state index contributed by atoms with van der Waals surface area (Å²) in [5.41, 5.74) is 5.85. The lowest BCUT2D eigenvalue weighted by molar-refractivity contribution is -0.0398. The molecule has 0 aromatic carbocycles. The Morgan fingerprint density at radius 3 is 2.27 bits per heavy atom. The second kappa shape index (κ2) is 18.3. The first kappa shape index (κ1) is 32.2. The van der Waals surface area contributed by atoms with Crippen molar-refractivity contribution in [3.05, 3.63) is 11.9 Å². The van der Waals surface area contributed by atoms with Gasteiger partial charge in [-0.2, -0.15) is 0 Å². The van der Waals surface area contributed by atoms with Crippen molar-refractivity contribution in [2.45, 2.75) is 37.5 Å². The molecule has 0 aliphatic carbocycles. The van der Waals surface area contributed by atoms with E-state index in [-0.39, 0.29) is 13.2 Å². The van der Waals surface area contributed by atoms with Crippen LogP contribution in [0.2, 0.25) is 0 Å². The van der Waals surface area contributed by atoms with Crippen molar-refractivity contribution in [2.24, 2.45) is 5.73 Å². The maximum Gasteiger partial charge on any atom is 0.472 e. The maximum absolute atomic E-state index is 11.9. The highest BCUT2D eigenvalue weighted by atomic mass is 31.2. The zero-order valence-electron chi connectivity index (χ0n) is 21.3. The monoisotopic (exact) mass is 552 g/mol. The fraction of sp³-hybridized carbons (Fsp3) is 0.900. The van der Waals surface area contributed by atoms with Crippen molar-refractivity contribution in [1.82, 2.24) is 15.0 Å². The fourth-order valence-corrected chi connectivity index (χ4v) is 3.92. The van der Waals surface area contributed by atoms with E-state index in [0.717, 1.165) is 7.11 Å². The van der Waals surface area contributed by atoms with Gasteiger partial charge in [0.1, 0.15) is 31.9 Å². The minimum Gasteiger partial charge on any atom is -0.382 e. The van der Waals surface area contributed by atoms with E-state index in [2.05, 4.69) is 14.8 Å². The van der Waals surface area contributed by atoms with E-state index >= 15 is 0 Å². The third kappa shape index (κ3) is 12.6. The zero-order chi connectivity index (χ0) is 26.9. The first-order valence-corrected chi connectivity index (χ1v) is 13.4. The molecule has 1 aromatic rings. The standard InChI is InChI=1S/C20H38BN4O11P/c1-28-15-17-18(36-37(26,27)29-2)19(20(21)35-17)34-14-16-13-25(24-23-16)4-6-31-8-10-33-12-11-32-9-7-30-5-3-22/h13,17-20H,3-12,14-15,22H2,1-2H3,(H,26,27)/t17-,18+,19?,20-/m1/s1. The van der Waals surface area contributed by atoms with Crippen LogP contribution in [0.15, 0.2) is 6.20 Å². The van der Waals surface area contributed by atoms with Gasteiger partial charge in [-0.15, -0.1) is 5.10 Å².